The van der Waals surface area contributed by atoms with E-state index in [4.69, 9.17) is 10.5 Å². The maximum absolute atomic E-state index is 6.08. The molecule has 0 saturated heterocycles. The van der Waals surface area contributed by atoms with Crippen molar-refractivity contribution in [3.8, 4) is 17.3 Å². The maximum Gasteiger partial charge on any atom is 0.232 e. The normalized spacial score (nSPS) is 11.9. The fourth-order valence-electron chi connectivity index (χ4n) is 2.01. The molecule has 0 spiro atoms. The van der Waals surface area contributed by atoms with Gasteiger partial charge in [0, 0.05) is 6.20 Å². The molecular formula is C17H16N4O. The zero-order chi connectivity index (χ0) is 15.2. The van der Waals surface area contributed by atoms with E-state index >= 15 is 0 Å². The predicted molar refractivity (Wildman–Crippen MR) is 84.1 cm³/mol. The molecular weight excluding hydrogens is 276 g/mol. The zero-order valence-electron chi connectivity index (χ0n) is 12.0. The number of rotatable bonds is 5. The summed E-state index contributed by atoms with van der Waals surface area (Å²) in [6.45, 7) is 0.349. The minimum atomic E-state index is -0.196. The van der Waals surface area contributed by atoms with Crippen LogP contribution in [-0.4, -0.2) is 21.6 Å². The molecule has 0 fully saturated rings. The summed E-state index contributed by atoms with van der Waals surface area (Å²) in [4.78, 5) is 12.8. The Labute approximate surface area is 128 Å². The standard InChI is InChI=1S/C17H16N4O/c18-14(13-6-2-1-3-7-13)12-22-17-11-20-16(10-21-17)15-8-4-5-9-19-15/h1-11,14H,12,18H2. The highest BCUT2D eigenvalue weighted by Gasteiger charge is 2.07. The van der Waals surface area contributed by atoms with Gasteiger partial charge in [-0.1, -0.05) is 36.4 Å². The summed E-state index contributed by atoms with van der Waals surface area (Å²) in [7, 11) is 0. The largest absolute Gasteiger partial charge is 0.475 e. The Morgan fingerprint density at radius 3 is 2.36 bits per heavy atom. The Hall–Kier alpha value is -2.79. The SMILES string of the molecule is NC(COc1cnc(-c2ccccn2)cn1)c1ccccc1. The van der Waals surface area contributed by atoms with Crippen molar-refractivity contribution in [2.24, 2.45) is 5.73 Å². The first-order valence-corrected chi connectivity index (χ1v) is 7.00. The van der Waals surface area contributed by atoms with Crippen LogP contribution >= 0.6 is 0 Å². The molecule has 1 aromatic carbocycles. The van der Waals surface area contributed by atoms with Gasteiger partial charge in [-0.2, -0.15) is 0 Å². The van der Waals surface area contributed by atoms with Crippen molar-refractivity contribution in [1.82, 2.24) is 15.0 Å². The molecule has 5 heteroatoms. The molecule has 3 rings (SSSR count). The van der Waals surface area contributed by atoms with Gasteiger partial charge in [-0.05, 0) is 17.7 Å². The van der Waals surface area contributed by atoms with E-state index in [0.29, 0.717) is 18.2 Å². The van der Waals surface area contributed by atoms with Gasteiger partial charge in [0.25, 0.3) is 0 Å². The lowest BCUT2D eigenvalue weighted by Crippen LogP contribution is -2.19. The van der Waals surface area contributed by atoms with Gasteiger partial charge in [-0.3, -0.25) is 4.98 Å². The number of hydrogen-bond donors (Lipinski definition) is 1. The minimum absolute atomic E-state index is 0.196. The third kappa shape index (κ3) is 3.45. The number of pyridine rings is 1. The van der Waals surface area contributed by atoms with Crippen LogP contribution in [0.25, 0.3) is 11.4 Å². The first-order chi connectivity index (χ1) is 10.8. The Bertz CT molecular complexity index is 702. The molecule has 0 amide bonds. The van der Waals surface area contributed by atoms with Gasteiger partial charge in [0.05, 0.1) is 24.1 Å². The highest BCUT2D eigenvalue weighted by Crippen LogP contribution is 2.15. The van der Waals surface area contributed by atoms with Gasteiger partial charge in [0.1, 0.15) is 12.3 Å². The molecule has 0 bridgehead atoms. The van der Waals surface area contributed by atoms with Gasteiger partial charge in [-0.25, -0.2) is 9.97 Å². The van der Waals surface area contributed by atoms with Crippen LogP contribution < -0.4 is 10.5 Å². The van der Waals surface area contributed by atoms with E-state index in [1.54, 1.807) is 18.6 Å². The summed E-state index contributed by atoms with van der Waals surface area (Å²) in [5.74, 6) is 0.450. The molecule has 5 nitrogen and oxygen atoms in total. The van der Waals surface area contributed by atoms with Crippen LogP contribution in [0.15, 0.2) is 67.1 Å². The lowest BCUT2D eigenvalue weighted by Gasteiger charge is -2.12. The van der Waals surface area contributed by atoms with Crippen LogP contribution in [0.5, 0.6) is 5.88 Å². The molecule has 3 aromatic rings. The van der Waals surface area contributed by atoms with Crippen LogP contribution in [0.3, 0.4) is 0 Å². The van der Waals surface area contributed by atoms with Crippen molar-refractivity contribution in [3.63, 3.8) is 0 Å². The van der Waals surface area contributed by atoms with Crippen LogP contribution in [0.4, 0.5) is 0 Å². The monoisotopic (exact) mass is 292 g/mol. The molecule has 0 aliphatic rings. The fourth-order valence-corrected chi connectivity index (χ4v) is 2.01. The summed E-state index contributed by atoms with van der Waals surface area (Å²) in [6, 6.07) is 15.3. The quantitative estimate of drug-likeness (QED) is 0.782. The third-order valence-corrected chi connectivity index (χ3v) is 3.19. The van der Waals surface area contributed by atoms with Crippen LogP contribution in [0, 0.1) is 0 Å². The highest BCUT2D eigenvalue weighted by molar-refractivity contribution is 5.52. The van der Waals surface area contributed by atoms with E-state index in [0.717, 1.165) is 11.3 Å². The van der Waals surface area contributed by atoms with E-state index in [2.05, 4.69) is 15.0 Å². The Balaban J connectivity index is 1.62. The Morgan fingerprint density at radius 1 is 0.864 bits per heavy atom. The number of nitrogens with zero attached hydrogens (tertiary/aromatic N) is 3. The smallest absolute Gasteiger partial charge is 0.232 e. The number of nitrogens with two attached hydrogens (primary N) is 1. The molecule has 1 unspecified atom stereocenters. The van der Waals surface area contributed by atoms with Crippen molar-refractivity contribution >= 4 is 0 Å². The summed E-state index contributed by atoms with van der Waals surface area (Å²) < 4.78 is 5.59. The maximum atomic E-state index is 6.08. The Morgan fingerprint density at radius 2 is 1.68 bits per heavy atom. The van der Waals surface area contributed by atoms with Crippen LogP contribution in [0.2, 0.25) is 0 Å². The molecule has 0 radical (unpaired) electrons. The lowest BCUT2D eigenvalue weighted by atomic mass is 10.1. The molecule has 110 valence electrons. The molecule has 22 heavy (non-hydrogen) atoms. The van der Waals surface area contributed by atoms with Crippen molar-refractivity contribution in [2.45, 2.75) is 6.04 Å². The van der Waals surface area contributed by atoms with Gasteiger partial charge in [0.15, 0.2) is 0 Å². The minimum Gasteiger partial charge on any atom is -0.475 e. The van der Waals surface area contributed by atoms with Crippen LogP contribution in [-0.2, 0) is 0 Å². The van der Waals surface area contributed by atoms with Gasteiger partial charge >= 0.3 is 0 Å². The second kappa shape index (κ2) is 6.78. The summed E-state index contributed by atoms with van der Waals surface area (Å²) in [5, 5.41) is 0. The second-order valence-corrected chi connectivity index (χ2v) is 4.78. The summed E-state index contributed by atoms with van der Waals surface area (Å²) in [6.07, 6.45) is 4.95. The molecule has 0 aliphatic carbocycles. The van der Waals surface area contributed by atoms with Crippen molar-refractivity contribution < 1.29 is 4.74 Å². The zero-order valence-corrected chi connectivity index (χ0v) is 12.0. The molecule has 2 aromatic heterocycles. The molecule has 1 atom stereocenters. The first kappa shape index (κ1) is 14.2. The van der Waals surface area contributed by atoms with Crippen LogP contribution in [0.1, 0.15) is 11.6 Å². The highest BCUT2D eigenvalue weighted by atomic mass is 16.5. The lowest BCUT2D eigenvalue weighted by molar-refractivity contribution is 0.279. The molecule has 2 heterocycles. The molecule has 0 aliphatic heterocycles. The summed E-state index contributed by atoms with van der Waals surface area (Å²) in [5.41, 5.74) is 8.60. The van der Waals surface area contributed by atoms with E-state index in [1.807, 2.05) is 48.5 Å². The van der Waals surface area contributed by atoms with Gasteiger partial charge in [-0.15, -0.1) is 0 Å². The average molecular weight is 292 g/mol. The number of ether oxygens (including phenoxy) is 1. The third-order valence-electron chi connectivity index (χ3n) is 3.19. The summed E-state index contributed by atoms with van der Waals surface area (Å²) >= 11 is 0. The van der Waals surface area contributed by atoms with E-state index in [1.165, 1.54) is 0 Å². The van der Waals surface area contributed by atoms with E-state index in [9.17, 15) is 0 Å². The predicted octanol–water partition coefficient (Wildman–Crippen LogP) is 2.62. The molecule has 2 N–H and O–H groups in total. The number of benzene rings is 1. The van der Waals surface area contributed by atoms with Crippen molar-refractivity contribution in [2.75, 3.05) is 6.61 Å². The van der Waals surface area contributed by atoms with Crippen molar-refractivity contribution in [1.29, 1.82) is 0 Å². The fraction of sp³-hybridized carbons (Fsp3) is 0.118. The Kier molecular flexibility index (Phi) is 4.36. The van der Waals surface area contributed by atoms with E-state index < -0.39 is 0 Å². The number of hydrogen-bond acceptors (Lipinski definition) is 5. The molecule has 0 saturated carbocycles. The first-order valence-electron chi connectivity index (χ1n) is 7.00. The topological polar surface area (TPSA) is 73.9 Å². The average Bonchev–Trinajstić information content (AvgIpc) is 2.61. The number of aromatic nitrogens is 3. The second-order valence-electron chi connectivity index (χ2n) is 4.78. The van der Waals surface area contributed by atoms with Gasteiger partial charge in [0.2, 0.25) is 5.88 Å². The van der Waals surface area contributed by atoms with E-state index in [-0.39, 0.29) is 6.04 Å². The van der Waals surface area contributed by atoms with Gasteiger partial charge < -0.3 is 10.5 Å². The van der Waals surface area contributed by atoms with Crippen molar-refractivity contribution in [3.05, 3.63) is 72.7 Å².